The molecule has 2 aromatic rings. The summed E-state index contributed by atoms with van der Waals surface area (Å²) in [5, 5.41) is 10.4. The van der Waals surface area contributed by atoms with Crippen LogP contribution in [-0.4, -0.2) is 16.7 Å². The minimum absolute atomic E-state index is 0.0739. The summed E-state index contributed by atoms with van der Waals surface area (Å²) >= 11 is 1.59. The maximum atomic E-state index is 9.37. The van der Waals surface area contributed by atoms with Crippen LogP contribution >= 0.6 is 11.3 Å². The van der Waals surface area contributed by atoms with Gasteiger partial charge in [0.1, 0.15) is 5.75 Å². The molecule has 0 saturated carbocycles. The van der Waals surface area contributed by atoms with E-state index in [4.69, 9.17) is 4.74 Å². The number of aromatic nitrogens is 1. The summed E-state index contributed by atoms with van der Waals surface area (Å²) in [5.41, 5.74) is 2.33. The number of benzene rings is 1. The van der Waals surface area contributed by atoms with Crippen LogP contribution in [0, 0.1) is 0 Å². The second-order valence-electron chi connectivity index (χ2n) is 5.32. The Labute approximate surface area is 130 Å². The van der Waals surface area contributed by atoms with E-state index >= 15 is 0 Å². The van der Waals surface area contributed by atoms with Crippen molar-refractivity contribution >= 4 is 11.3 Å². The Morgan fingerprint density at radius 2 is 1.95 bits per heavy atom. The van der Waals surface area contributed by atoms with E-state index in [2.05, 4.69) is 37.9 Å². The summed E-state index contributed by atoms with van der Waals surface area (Å²) < 4.78 is 5.76. The lowest BCUT2D eigenvalue weighted by Crippen LogP contribution is -2.01. The van der Waals surface area contributed by atoms with Gasteiger partial charge in [-0.15, -0.1) is 11.3 Å². The van der Waals surface area contributed by atoms with Crippen molar-refractivity contribution in [2.75, 3.05) is 6.61 Å². The van der Waals surface area contributed by atoms with E-state index in [-0.39, 0.29) is 6.61 Å². The number of aliphatic hydroxyl groups is 1. The van der Waals surface area contributed by atoms with E-state index in [1.807, 2.05) is 12.1 Å². The van der Waals surface area contributed by atoms with E-state index in [0.29, 0.717) is 12.5 Å². The molecule has 0 bridgehead atoms. The first-order chi connectivity index (χ1) is 10.1. The van der Waals surface area contributed by atoms with Gasteiger partial charge in [0.15, 0.2) is 0 Å². The average Bonchev–Trinajstić information content (AvgIpc) is 2.91. The molecule has 21 heavy (non-hydrogen) atoms. The molecule has 0 spiro atoms. The molecule has 0 atom stereocenters. The van der Waals surface area contributed by atoms with Crippen molar-refractivity contribution in [1.82, 2.24) is 4.98 Å². The van der Waals surface area contributed by atoms with E-state index in [9.17, 15) is 5.11 Å². The fraction of sp³-hybridized carbons (Fsp3) is 0.471. The van der Waals surface area contributed by atoms with E-state index in [1.165, 1.54) is 5.56 Å². The molecule has 0 aliphatic carbocycles. The molecule has 114 valence electrons. The van der Waals surface area contributed by atoms with Crippen molar-refractivity contribution in [1.29, 1.82) is 0 Å². The molecule has 1 heterocycles. The Balaban J connectivity index is 1.90. The Hall–Kier alpha value is -1.39. The van der Waals surface area contributed by atoms with Gasteiger partial charge in [0.2, 0.25) is 0 Å². The number of aryl methyl sites for hydroxylation is 1. The molecule has 0 aliphatic heterocycles. The lowest BCUT2D eigenvalue weighted by molar-refractivity contribution is 0.283. The highest BCUT2D eigenvalue weighted by molar-refractivity contribution is 7.11. The Bertz CT molecular complexity index is 561. The number of hydrogen-bond donors (Lipinski definition) is 1. The summed E-state index contributed by atoms with van der Waals surface area (Å²) in [5.74, 6) is 1.25. The van der Waals surface area contributed by atoms with Crippen LogP contribution in [0.15, 0.2) is 24.3 Å². The van der Waals surface area contributed by atoms with Crippen LogP contribution in [0.5, 0.6) is 5.75 Å². The third-order valence-electron chi connectivity index (χ3n) is 3.38. The van der Waals surface area contributed by atoms with Gasteiger partial charge in [0.05, 0.1) is 28.8 Å². The fourth-order valence-electron chi connectivity index (χ4n) is 2.16. The maximum absolute atomic E-state index is 9.37. The zero-order valence-electron chi connectivity index (χ0n) is 12.9. The average molecular weight is 305 g/mol. The third kappa shape index (κ3) is 4.29. The number of ether oxygens (including phenoxy) is 1. The predicted octanol–water partition coefficient (Wildman–Crippen LogP) is 3.94. The van der Waals surface area contributed by atoms with Crippen molar-refractivity contribution < 1.29 is 9.84 Å². The topological polar surface area (TPSA) is 42.4 Å². The Morgan fingerprint density at radius 3 is 2.48 bits per heavy atom. The Morgan fingerprint density at radius 1 is 1.24 bits per heavy atom. The summed E-state index contributed by atoms with van der Waals surface area (Å²) in [6.45, 7) is 7.03. The number of aliphatic hydroxyl groups excluding tert-OH is 1. The normalized spacial score (nSPS) is 11.1. The lowest BCUT2D eigenvalue weighted by atomic mass is 10.1. The SMILES string of the molecule is CCc1ccc(OCCc2nc(C(C)C)c(CO)s2)cc1. The molecule has 1 N–H and O–H groups in total. The number of nitrogens with zero attached hydrogens (tertiary/aromatic N) is 1. The molecule has 4 heteroatoms. The minimum Gasteiger partial charge on any atom is -0.493 e. The number of rotatable bonds is 7. The highest BCUT2D eigenvalue weighted by Crippen LogP contribution is 2.25. The molecule has 0 radical (unpaired) electrons. The maximum Gasteiger partial charge on any atom is 0.119 e. The second kappa shape index (κ2) is 7.57. The predicted molar refractivity (Wildman–Crippen MR) is 87.1 cm³/mol. The first-order valence-corrected chi connectivity index (χ1v) is 8.26. The molecule has 0 saturated heterocycles. The van der Waals surface area contributed by atoms with Gasteiger partial charge in [-0.3, -0.25) is 0 Å². The smallest absolute Gasteiger partial charge is 0.119 e. The van der Waals surface area contributed by atoms with Gasteiger partial charge in [-0.05, 0) is 30.0 Å². The van der Waals surface area contributed by atoms with Crippen LogP contribution in [0.2, 0.25) is 0 Å². The van der Waals surface area contributed by atoms with Gasteiger partial charge in [0.25, 0.3) is 0 Å². The molecule has 0 aliphatic rings. The van der Waals surface area contributed by atoms with E-state index < -0.39 is 0 Å². The highest BCUT2D eigenvalue weighted by Gasteiger charge is 2.13. The van der Waals surface area contributed by atoms with Crippen LogP contribution in [-0.2, 0) is 19.4 Å². The first-order valence-electron chi connectivity index (χ1n) is 7.45. The molecule has 1 aromatic heterocycles. The van der Waals surface area contributed by atoms with E-state index in [0.717, 1.165) is 34.2 Å². The van der Waals surface area contributed by atoms with Crippen LogP contribution in [0.1, 0.15) is 47.8 Å². The van der Waals surface area contributed by atoms with Gasteiger partial charge in [0, 0.05) is 6.42 Å². The van der Waals surface area contributed by atoms with E-state index in [1.54, 1.807) is 11.3 Å². The van der Waals surface area contributed by atoms with Crippen molar-refractivity contribution in [2.45, 2.75) is 46.1 Å². The zero-order valence-corrected chi connectivity index (χ0v) is 13.7. The molecule has 1 aromatic carbocycles. The van der Waals surface area contributed by atoms with Crippen molar-refractivity contribution in [3.8, 4) is 5.75 Å². The number of hydrogen-bond acceptors (Lipinski definition) is 4. The third-order valence-corrected chi connectivity index (χ3v) is 4.49. The molecule has 2 rings (SSSR count). The summed E-state index contributed by atoms with van der Waals surface area (Å²) in [6.07, 6.45) is 1.82. The van der Waals surface area contributed by atoms with Crippen LogP contribution in [0.25, 0.3) is 0 Å². The molecular weight excluding hydrogens is 282 g/mol. The number of thiazole rings is 1. The van der Waals surface area contributed by atoms with Crippen LogP contribution in [0.3, 0.4) is 0 Å². The molecule has 0 unspecified atom stereocenters. The fourth-order valence-corrected chi connectivity index (χ4v) is 3.23. The summed E-state index contributed by atoms with van der Waals surface area (Å²) in [7, 11) is 0. The Kier molecular flexibility index (Phi) is 5.76. The van der Waals surface area contributed by atoms with Crippen LogP contribution < -0.4 is 4.74 Å². The van der Waals surface area contributed by atoms with Crippen molar-refractivity contribution in [3.63, 3.8) is 0 Å². The molecular formula is C17H23NO2S. The molecule has 0 fully saturated rings. The molecule has 3 nitrogen and oxygen atoms in total. The van der Waals surface area contributed by atoms with Gasteiger partial charge >= 0.3 is 0 Å². The summed E-state index contributed by atoms with van der Waals surface area (Å²) in [4.78, 5) is 5.60. The van der Waals surface area contributed by atoms with Crippen molar-refractivity contribution in [3.05, 3.63) is 45.4 Å². The van der Waals surface area contributed by atoms with Gasteiger partial charge in [-0.25, -0.2) is 4.98 Å². The molecule has 0 amide bonds. The monoisotopic (exact) mass is 305 g/mol. The largest absolute Gasteiger partial charge is 0.493 e. The van der Waals surface area contributed by atoms with Crippen molar-refractivity contribution in [2.24, 2.45) is 0 Å². The van der Waals surface area contributed by atoms with Gasteiger partial charge in [-0.1, -0.05) is 32.9 Å². The zero-order chi connectivity index (χ0) is 15.2. The lowest BCUT2D eigenvalue weighted by Gasteiger charge is -2.05. The minimum atomic E-state index is 0.0739. The van der Waals surface area contributed by atoms with Gasteiger partial charge in [-0.2, -0.15) is 0 Å². The highest BCUT2D eigenvalue weighted by atomic mass is 32.1. The van der Waals surface area contributed by atoms with Crippen LogP contribution in [0.4, 0.5) is 0 Å². The first kappa shape index (κ1) is 16.0. The quantitative estimate of drug-likeness (QED) is 0.842. The standard InChI is InChI=1S/C17H23NO2S/c1-4-13-5-7-14(8-6-13)20-10-9-16-18-17(12(2)3)15(11-19)21-16/h5-8,12,19H,4,9-11H2,1-3H3. The summed E-state index contributed by atoms with van der Waals surface area (Å²) in [6, 6.07) is 8.22. The van der Waals surface area contributed by atoms with Gasteiger partial charge < -0.3 is 9.84 Å². The second-order valence-corrected chi connectivity index (χ2v) is 6.49.